The second kappa shape index (κ2) is 10.8. The van der Waals surface area contributed by atoms with Gasteiger partial charge in [0.05, 0.1) is 6.54 Å². The van der Waals surface area contributed by atoms with Crippen LogP contribution in [-0.4, -0.2) is 92.0 Å². The van der Waals surface area contributed by atoms with Crippen LogP contribution in [0.4, 0.5) is 10.1 Å². The smallest absolute Gasteiger partial charge is 0.219 e. The van der Waals surface area contributed by atoms with Crippen molar-refractivity contribution in [1.29, 1.82) is 0 Å². The number of hydrogen-bond donors (Lipinski definition) is 1. The minimum absolute atomic E-state index is 0. The molecule has 2 saturated heterocycles. The highest BCUT2D eigenvalue weighted by atomic mass is 127. The maximum atomic E-state index is 13.0. The second-order valence-electron chi connectivity index (χ2n) is 7.04. The fourth-order valence-electron chi connectivity index (χ4n) is 3.54. The van der Waals surface area contributed by atoms with E-state index in [0.717, 1.165) is 64.6 Å². The first-order chi connectivity index (χ1) is 13.0. The summed E-state index contributed by atoms with van der Waals surface area (Å²) in [5, 5.41) is 0. The number of guanidine groups is 1. The summed E-state index contributed by atoms with van der Waals surface area (Å²) >= 11 is 0. The van der Waals surface area contributed by atoms with Crippen LogP contribution in [0.2, 0.25) is 0 Å². The Morgan fingerprint density at radius 3 is 2.14 bits per heavy atom. The predicted molar refractivity (Wildman–Crippen MR) is 121 cm³/mol. The lowest BCUT2D eigenvalue weighted by Gasteiger charge is -2.37. The molecule has 2 N–H and O–H groups in total. The van der Waals surface area contributed by atoms with Crippen molar-refractivity contribution >= 4 is 41.5 Å². The van der Waals surface area contributed by atoms with Crippen LogP contribution in [-0.2, 0) is 4.79 Å². The molecule has 0 atom stereocenters. The number of rotatable bonds is 4. The second-order valence-corrected chi connectivity index (χ2v) is 7.04. The van der Waals surface area contributed by atoms with Gasteiger partial charge >= 0.3 is 0 Å². The number of amides is 1. The number of aliphatic imine (C=N–C) groups is 1. The van der Waals surface area contributed by atoms with Gasteiger partial charge in [-0.2, -0.15) is 0 Å². The molecule has 0 spiro atoms. The number of benzene rings is 1. The Bertz CT molecular complexity index is 655. The summed E-state index contributed by atoms with van der Waals surface area (Å²) in [4.78, 5) is 24.4. The monoisotopic (exact) mass is 504 g/mol. The molecule has 1 amide bonds. The minimum atomic E-state index is -0.212. The van der Waals surface area contributed by atoms with Crippen LogP contribution in [0, 0.1) is 5.82 Å². The van der Waals surface area contributed by atoms with Gasteiger partial charge in [0.1, 0.15) is 5.82 Å². The summed E-state index contributed by atoms with van der Waals surface area (Å²) in [5.41, 5.74) is 7.20. The highest BCUT2D eigenvalue weighted by Gasteiger charge is 2.20. The van der Waals surface area contributed by atoms with E-state index in [-0.39, 0.29) is 35.7 Å². The average Bonchev–Trinajstić information content (AvgIpc) is 2.69. The average molecular weight is 504 g/mol. The van der Waals surface area contributed by atoms with Crippen molar-refractivity contribution in [3.63, 3.8) is 0 Å². The first-order valence-electron chi connectivity index (χ1n) is 9.56. The summed E-state index contributed by atoms with van der Waals surface area (Å²) in [6.07, 6.45) is 0. The molecule has 7 nitrogen and oxygen atoms in total. The third-order valence-electron chi connectivity index (χ3n) is 5.30. The number of nitrogens with zero attached hydrogens (tertiary/aromatic N) is 5. The number of hydrogen-bond acceptors (Lipinski definition) is 4. The van der Waals surface area contributed by atoms with Gasteiger partial charge in [0.25, 0.3) is 0 Å². The minimum Gasteiger partial charge on any atom is -0.370 e. The van der Waals surface area contributed by atoms with Gasteiger partial charge in [-0.05, 0) is 24.3 Å². The molecule has 2 aliphatic heterocycles. The first kappa shape index (κ1) is 22.7. The van der Waals surface area contributed by atoms with Crippen molar-refractivity contribution in [3.05, 3.63) is 30.1 Å². The molecule has 0 unspecified atom stereocenters. The molecule has 0 bridgehead atoms. The highest BCUT2D eigenvalue weighted by Crippen LogP contribution is 2.16. The summed E-state index contributed by atoms with van der Waals surface area (Å²) in [6.45, 7) is 9.83. The molecule has 0 saturated carbocycles. The molecule has 2 fully saturated rings. The van der Waals surface area contributed by atoms with E-state index < -0.39 is 0 Å². The molecule has 9 heteroatoms. The van der Waals surface area contributed by atoms with Crippen molar-refractivity contribution < 1.29 is 9.18 Å². The van der Waals surface area contributed by atoms with Gasteiger partial charge < -0.3 is 20.4 Å². The summed E-state index contributed by atoms with van der Waals surface area (Å²) in [6, 6.07) is 6.62. The van der Waals surface area contributed by atoms with Crippen molar-refractivity contribution in [2.45, 2.75) is 6.92 Å². The van der Waals surface area contributed by atoms with Crippen LogP contribution in [0.3, 0.4) is 0 Å². The van der Waals surface area contributed by atoms with Crippen molar-refractivity contribution in [2.24, 2.45) is 10.7 Å². The number of anilines is 1. The fraction of sp³-hybridized carbons (Fsp3) is 0.579. The number of nitrogens with two attached hydrogens (primary N) is 1. The van der Waals surface area contributed by atoms with Gasteiger partial charge in [-0.15, -0.1) is 24.0 Å². The number of halogens is 2. The zero-order valence-electron chi connectivity index (χ0n) is 16.4. The fourth-order valence-corrected chi connectivity index (χ4v) is 3.54. The van der Waals surface area contributed by atoms with Crippen molar-refractivity contribution in [1.82, 2.24) is 14.7 Å². The molecule has 1 aromatic carbocycles. The van der Waals surface area contributed by atoms with E-state index in [1.165, 1.54) is 12.1 Å². The lowest BCUT2D eigenvalue weighted by Crippen LogP contribution is -2.51. The van der Waals surface area contributed by atoms with Gasteiger partial charge in [-0.25, -0.2) is 4.39 Å². The Balaban J connectivity index is 0.00000280. The van der Waals surface area contributed by atoms with E-state index in [1.54, 1.807) is 6.92 Å². The molecule has 0 radical (unpaired) electrons. The van der Waals surface area contributed by atoms with Crippen molar-refractivity contribution in [3.8, 4) is 0 Å². The molecule has 1 aromatic rings. The Kier molecular flexibility index (Phi) is 8.74. The van der Waals surface area contributed by atoms with Crippen LogP contribution in [0.25, 0.3) is 0 Å². The lowest BCUT2D eigenvalue weighted by atomic mass is 10.2. The zero-order chi connectivity index (χ0) is 19.2. The molecular formula is C19H30FIN6O. The van der Waals surface area contributed by atoms with E-state index in [2.05, 4.69) is 19.7 Å². The SMILES string of the molecule is CC(=O)N1CCN(CCN=C(N)N2CCN(c3ccc(F)cc3)CC2)CC1.I. The Morgan fingerprint density at radius 2 is 1.57 bits per heavy atom. The van der Waals surface area contributed by atoms with Gasteiger partial charge in [0.2, 0.25) is 5.91 Å². The Hall–Kier alpha value is -1.62. The van der Waals surface area contributed by atoms with Crippen LogP contribution in [0.1, 0.15) is 6.92 Å². The van der Waals surface area contributed by atoms with Crippen LogP contribution in [0.15, 0.2) is 29.3 Å². The van der Waals surface area contributed by atoms with E-state index >= 15 is 0 Å². The molecular weight excluding hydrogens is 474 g/mol. The van der Waals surface area contributed by atoms with Crippen LogP contribution < -0.4 is 10.6 Å². The Labute approximate surface area is 183 Å². The Morgan fingerprint density at radius 1 is 1.00 bits per heavy atom. The topological polar surface area (TPSA) is 68.4 Å². The van der Waals surface area contributed by atoms with Crippen LogP contribution >= 0.6 is 24.0 Å². The quantitative estimate of drug-likeness (QED) is 0.377. The van der Waals surface area contributed by atoms with E-state index in [4.69, 9.17) is 5.73 Å². The molecule has 2 aliphatic rings. The standard InChI is InChI=1S/C19H29FN6O.HI/c1-16(27)24-10-8-23(9-11-24)7-6-22-19(21)26-14-12-25(13-15-26)18-4-2-17(20)3-5-18;/h2-5H,6-15H2,1H3,(H2,21,22);1H. The summed E-state index contributed by atoms with van der Waals surface area (Å²) in [7, 11) is 0. The third kappa shape index (κ3) is 6.20. The molecule has 2 heterocycles. The van der Waals surface area contributed by atoms with E-state index in [9.17, 15) is 9.18 Å². The zero-order valence-corrected chi connectivity index (χ0v) is 18.7. The normalized spacial score (nSPS) is 18.8. The number of carbonyl (C=O) groups excluding carboxylic acids is 1. The first-order valence-corrected chi connectivity index (χ1v) is 9.56. The number of piperazine rings is 2. The molecule has 0 aliphatic carbocycles. The third-order valence-corrected chi connectivity index (χ3v) is 5.30. The molecule has 28 heavy (non-hydrogen) atoms. The van der Waals surface area contributed by atoms with Gasteiger partial charge in [0, 0.05) is 71.5 Å². The molecule has 156 valence electrons. The maximum Gasteiger partial charge on any atom is 0.219 e. The van der Waals surface area contributed by atoms with Crippen molar-refractivity contribution in [2.75, 3.05) is 70.3 Å². The van der Waals surface area contributed by atoms with Gasteiger partial charge in [0.15, 0.2) is 5.96 Å². The lowest BCUT2D eigenvalue weighted by molar-refractivity contribution is -0.130. The van der Waals surface area contributed by atoms with Gasteiger partial charge in [-0.3, -0.25) is 14.7 Å². The summed E-state index contributed by atoms with van der Waals surface area (Å²) in [5.74, 6) is 0.532. The highest BCUT2D eigenvalue weighted by molar-refractivity contribution is 14.0. The van der Waals surface area contributed by atoms with Gasteiger partial charge in [-0.1, -0.05) is 0 Å². The largest absolute Gasteiger partial charge is 0.370 e. The van der Waals surface area contributed by atoms with E-state index in [1.807, 2.05) is 17.0 Å². The maximum absolute atomic E-state index is 13.0. The molecule has 3 rings (SSSR count). The number of carbonyl (C=O) groups is 1. The summed E-state index contributed by atoms with van der Waals surface area (Å²) < 4.78 is 13.0. The van der Waals surface area contributed by atoms with E-state index in [0.29, 0.717) is 12.5 Å². The predicted octanol–water partition coefficient (Wildman–Crippen LogP) is 1.04. The van der Waals surface area contributed by atoms with Crippen LogP contribution in [0.5, 0.6) is 0 Å². The molecule has 0 aromatic heterocycles.